The van der Waals surface area contributed by atoms with Crippen LogP contribution in [0, 0.1) is 0 Å². The van der Waals surface area contributed by atoms with E-state index in [1.165, 1.54) is 0 Å². The molecular formula is C26H25N7O. The van der Waals surface area contributed by atoms with Gasteiger partial charge in [0.25, 0.3) is 0 Å². The van der Waals surface area contributed by atoms with Crippen molar-refractivity contribution < 1.29 is 0 Å². The number of imidazole rings is 1. The lowest BCUT2D eigenvalue weighted by Crippen LogP contribution is -2.24. The topological polar surface area (TPSA) is 94.3 Å². The van der Waals surface area contributed by atoms with Crippen molar-refractivity contribution in [3.05, 3.63) is 101 Å². The molecule has 3 aromatic heterocycles. The third-order valence-corrected chi connectivity index (χ3v) is 5.91. The second-order valence-corrected chi connectivity index (χ2v) is 8.17. The lowest BCUT2D eigenvalue weighted by Gasteiger charge is -2.10. The van der Waals surface area contributed by atoms with Crippen LogP contribution in [0.4, 0.5) is 0 Å². The molecule has 0 amide bonds. The van der Waals surface area contributed by atoms with Crippen molar-refractivity contribution in [2.75, 3.05) is 0 Å². The number of tetrazole rings is 1. The van der Waals surface area contributed by atoms with Crippen LogP contribution in [0.1, 0.15) is 31.0 Å². The van der Waals surface area contributed by atoms with Gasteiger partial charge < -0.3 is 0 Å². The summed E-state index contributed by atoms with van der Waals surface area (Å²) in [6.45, 7) is 2.69. The van der Waals surface area contributed by atoms with Gasteiger partial charge in [0.1, 0.15) is 0 Å². The lowest BCUT2D eigenvalue weighted by molar-refractivity contribution is 0.674. The second kappa shape index (κ2) is 9.66. The van der Waals surface area contributed by atoms with Crippen molar-refractivity contribution >= 4 is 0 Å². The highest BCUT2D eigenvalue weighted by Gasteiger charge is 2.14. The maximum absolute atomic E-state index is 13.3. The first kappa shape index (κ1) is 21.5. The molecule has 0 spiro atoms. The zero-order chi connectivity index (χ0) is 23.3. The number of hydrogen-bond donors (Lipinski definition) is 1. The van der Waals surface area contributed by atoms with Gasteiger partial charge in [0.2, 0.25) is 0 Å². The van der Waals surface area contributed by atoms with E-state index in [1.54, 1.807) is 17.0 Å². The average molecular weight is 452 g/mol. The Hall–Kier alpha value is -4.33. The van der Waals surface area contributed by atoms with E-state index in [0.29, 0.717) is 12.4 Å². The Morgan fingerprint density at radius 1 is 0.971 bits per heavy atom. The van der Waals surface area contributed by atoms with E-state index < -0.39 is 0 Å². The fraction of sp³-hybridized carbons (Fsp3) is 0.192. The van der Waals surface area contributed by atoms with Gasteiger partial charge in [0.15, 0.2) is 5.82 Å². The highest BCUT2D eigenvalue weighted by molar-refractivity contribution is 5.79. The first-order valence-corrected chi connectivity index (χ1v) is 11.4. The molecule has 8 heteroatoms. The van der Waals surface area contributed by atoms with Crippen molar-refractivity contribution in [1.29, 1.82) is 0 Å². The molecule has 5 rings (SSSR count). The predicted molar refractivity (Wildman–Crippen MR) is 131 cm³/mol. The number of aromatic amines is 1. The zero-order valence-electron chi connectivity index (χ0n) is 18.9. The summed E-state index contributed by atoms with van der Waals surface area (Å²) in [5.74, 6) is 0.571. The minimum Gasteiger partial charge on any atom is -0.292 e. The third-order valence-electron chi connectivity index (χ3n) is 5.91. The number of unbranched alkanes of at least 4 members (excludes halogenated alkanes) is 1. The molecule has 0 aliphatic carbocycles. The van der Waals surface area contributed by atoms with Crippen molar-refractivity contribution in [3.8, 4) is 28.2 Å². The molecule has 0 saturated carbocycles. The number of rotatable bonds is 8. The monoisotopic (exact) mass is 451 g/mol. The van der Waals surface area contributed by atoms with Crippen LogP contribution in [-0.4, -0.2) is 34.7 Å². The standard InChI is InChI=1S/C26H25N7O/c1-2-3-7-22-18-33(21-8-5-4-6-9-21)26(34)32(22)17-19-10-12-20(13-11-19)23-14-15-27-16-24(23)25-28-30-31-29-25/h4-6,8-16,18H,2-3,7,17H2,1H3,(H,28,29,30,31). The minimum atomic E-state index is -0.0179. The van der Waals surface area contributed by atoms with Gasteiger partial charge in [0.05, 0.1) is 12.2 Å². The molecule has 1 N–H and O–H groups in total. The van der Waals surface area contributed by atoms with Crippen molar-refractivity contribution in [2.24, 2.45) is 0 Å². The van der Waals surface area contributed by atoms with Gasteiger partial charge in [-0.3, -0.25) is 14.1 Å². The third kappa shape index (κ3) is 4.30. The molecule has 0 aliphatic rings. The van der Waals surface area contributed by atoms with Crippen molar-refractivity contribution in [2.45, 2.75) is 32.7 Å². The Balaban J connectivity index is 1.46. The SMILES string of the molecule is CCCCc1cn(-c2ccccc2)c(=O)n1Cc1ccc(-c2ccncc2-c2nnn[nH]2)cc1. The number of benzene rings is 2. The Morgan fingerprint density at radius 2 is 1.79 bits per heavy atom. The Bertz CT molecular complexity index is 1420. The maximum atomic E-state index is 13.3. The first-order chi connectivity index (χ1) is 16.7. The predicted octanol–water partition coefficient (Wildman–Crippen LogP) is 4.27. The highest BCUT2D eigenvalue weighted by Crippen LogP contribution is 2.29. The molecule has 170 valence electrons. The van der Waals surface area contributed by atoms with E-state index in [9.17, 15) is 4.79 Å². The Kier molecular flexibility index (Phi) is 6.11. The molecule has 0 bridgehead atoms. The summed E-state index contributed by atoms with van der Waals surface area (Å²) in [6, 6.07) is 20.0. The highest BCUT2D eigenvalue weighted by atomic mass is 16.1. The first-order valence-electron chi connectivity index (χ1n) is 11.4. The van der Waals surface area contributed by atoms with Crippen LogP contribution in [0.2, 0.25) is 0 Å². The molecule has 0 unspecified atom stereocenters. The molecule has 2 aromatic carbocycles. The van der Waals surface area contributed by atoms with E-state index in [-0.39, 0.29) is 5.69 Å². The quantitative estimate of drug-likeness (QED) is 0.380. The Labute approximate surface area is 196 Å². The summed E-state index contributed by atoms with van der Waals surface area (Å²) in [4.78, 5) is 17.5. The smallest absolute Gasteiger partial charge is 0.292 e. The number of aryl methyl sites for hydroxylation is 1. The molecule has 0 radical (unpaired) electrons. The molecule has 34 heavy (non-hydrogen) atoms. The fourth-order valence-corrected chi connectivity index (χ4v) is 4.11. The van der Waals surface area contributed by atoms with Crippen LogP contribution in [0.25, 0.3) is 28.2 Å². The number of nitrogens with one attached hydrogen (secondary N) is 1. The van der Waals surface area contributed by atoms with Gasteiger partial charge in [-0.1, -0.05) is 55.8 Å². The lowest BCUT2D eigenvalue weighted by atomic mass is 10.00. The summed E-state index contributed by atoms with van der Waals surface area (Å²) in [5.41, 5.74) is 5.81. The largest absolute Gasteiger partial charge is 0.333 e. The fourth-order valence-electron chi connectivity index (χ4n) is 4.11. The van der Waals surface area contributed by atoms with E-state index >= 15 is 0 Å². The maximum Gasteiger partial charge on any atom is 0.333 e. The summed E-state index contributed by atoms with van der Waals surface area (Å²) in [6.07, 6.45) is 8.47. The summed E-state index contributed by atoms with van der Waals surface area (Å²) < 4.78 is 3.63. The summed E-state index contributed by atoms with van der Waals surface area (Å²) in [5, 5.41) is 14.2. The van der Waals surface area contributed by atoms with Crippen LogP contribution in [0.5, 0.6) is 0 Å². The second-order valence-electron chi connectivity index (χ2n) is 8.17. The van der Waals surface area contributed by atoms with Crippen molar-refractivity contribution in [1.82, 2.24) is 34.7 Å². The number of pyridine rings is 1. The summed E-state index contributed by atoms with van der Waals surface area (Å²) in [7, 11) is 0. The van der Waals surface area contributed by atoms with Gasteiger partial charge in [0, 0.05) is 29.8 Å². The Morgan fingerprint density at radius 3 is 2.53 bits per heavy atom. The van der Waals surface area contributed by atoms with Crippen LogP contribution >= 0.6 is 0 Å². The molecule has 3 heterocycles. The van der Waals surface area contributed by atoms with E-state index in [2.05, 4.69) is 56.8 Å². The van der Waals surface area contributed by atoms with Gasteiger partial charge in [-0.05, 0) is 58.2 Å². The normalized spacial score (nSPS) is 11.1. The van der Waals surface area contributed by atoms with Gasteiger partial charge in [-0.2, -0.15) is 0 Å². The number of aromatic nitrogens is 7. The van der Waals surface area contributed by atoms with Crippen molar-refractivity contribution in [3.63, 3.8) is 0 Å². The molecule has 0 fully saturated rings. The number of hydrogen-bond acceptors (Lipinski definition) is 5. The van der Waals surface area contributed by atoms with E-state index in [4.69, 9.17) is 0 Å². The molecule has 8 nitrogen and oxygen atoms in total. The minimum absolute atomic E-state index is 0.0179. The van der Waals surface area contributed by atoms with E-state index in [1.807, 2.05) is 47.2 Å². The molecule has 5 aromatic rings. The van der Waals surface area contributed by atoms with Crippen LogP contribution in [-0.2, 0) is 13.0 Å². The molecule has 0 atom stereocenters. The summed E-state index contributed by atoms with van der Waals surface area (Å²) >= 11 is 0. The molecule has 0 saturated heterocycles. The number of nitrogens with zero attached hydrogens (tertiary/aromatic N) is 6. The van der Waals surface area contributed by atoms with Gasteiger partial charge in [-0.25, -0.2) is 9.89 Å². The number of para-hydroxylation sites is 1. The molecule has 0 aliphatic heterocycles. The average Bonchev–Trinajstić information content (AvgIpc) is 3.53. The van der Waals surface area contributed by atoms with Crippen LogP contribution < -0.4 is 5.69 Å². The zero-order valence-corrected chi connectivity index (χ0v) is 18.9. The van der Waals surface area contributed by atoms with Gasteiger partial charge >= 0.3 is 5.69 Å². The number of H-pyrrole nitrogens is 1. The van der Waals surface area contributed by atoms with E-state index in [0.717, 1.165) is 52.9 Å². The van der Waals surface area contributed by atoms with Crippen LogP contribution in [0.3, 0.4) is 0 Å². The molecular weight excluding hydrogens is 426 g/mol. The van der Waals surface area contributed by atoms with Crippen LogP contribution in [0.15, 0.2) is 84.0 Å². The van der Waals surface area contributed by atoms with Gasteiger partial charge in [-0.15, -0.1) is 5.10 Å².